The molecule has 4 aromatic rings. The predicted octanol–water partition coefficient (Wildman–Crippen LogP) is 4.96. The minimum atomic E-state index is -0.456. The van der Waals surface area contributed by atoms with Crippen LogP contribution in [0.15, 0.2) is 54.9 Å². The van der Waals surface area contributed by atoms with Crippen LogP contribution in [0.3, 0.4) is 0 Å². The Morgan fingerprint density at radius 3 is 2.68 bits per heavy atom. The SMILES string of the molecule is COc1cc(-c2cc3c(Nc4ccc(N5CCNCC5)nc4)ccnc3cc2F)cc(Cl)c1O. The van der Waals surface area contributed by atoms with Crippen LogP contribution in [0, 0.1) is 5.82 Å². The number of hydrogen-bond acceptors (Lipinski definition) is 7. The second-order valence-corrected chi connectivity index (χ2v) is 8.39. The van der Waals surface area contributed by atoms with Crippen molar-refractivity contribution in [2.24, 2.45) is 0 Å². The van der Waals surface area contributed by atoms with Gasteiger partial charge in [0.1, 0.15) is 11.6 Å². The largest absolute Gasteiger partial charge is 0.503 e. The first-order chi connectivity index (χ1) is 16.5. The van der Waals surface area contributed by atoms with Gasteiger partial charge in [0.2, 0.25) is 0 Å². The fourth-order valence-electron chi connectivity index (χ4n) is 4.08. The maximum atomic E-state index is 15.0. The molecule has 0 aliphatic carbocycles. The Kier molecular flexibility index (Phi) is 6.08. The maximum absolute atomic E-state index is 15.0. The van der Waals surface area contributed by atoms with Gasteiger partial charge in [0.25, 0.3) is 0 Å². The van der Waals surface area contributed by atoms with Gasteiger partial charge in [-0.25, -0.2) is 9.37 Å². The Morgan fingerprint density at radius 2 is 1.94 bits per heavy atom. The van der Waals surface area contributed by atoms with Crippen molar-refractivity contribution >= 4 is 39.7 Å². The van der Waals surface area contributed by atoms with Crippen LogP contribution in [-0.2, 0) is 0 Å². The molecule has 1 aliphatic rings. The summed E-state index contributed by atoms with van der Waals surface area (Å²) in [5.74, 6) is 0.467. The first kappa shape index (κ1) is 22.2. The van der Waals surface area contributed by atoms with E-state index in [-0.39, 0.29) is 16.5 Å². The number of phenols is 1. The highest BCUT2D eigenvalue weighted by molar-refractivity contribution is 6.32. The van der Waals surface area contributed by atoms with E-state index in [0.717, 1.165) is 48.8 Å². The van der Waals surface area contributed by atoms with Crippen LogP contribution < -0.4 is 20.3 Å². The van der Waals surface area contributed by atoms with Crippen molar-refractivity contribution in [3.63, 3.8) is 0 Å². The average Bonchev–Trinajstić information content (AvgIpc) is 2.86. The lowest BCUT2D eigenvalue weighted by atomic mass is 10.0. The molecule has 0 spiro atoms. The molecular weight excluding hydrogens is 457 g/mol. The van der Waals surface area contributed by atoms with Crippen molar-refractivity contribution in [2.45, 2.75) is 0 Å². The maximum Gasteiger partial charge on any atom is 0.176 e. The molecule has 2 aromatic heterocycles. The first-order valence-electron chi connectivity index (χ1n) is 10.9. The molecule has 2 aromatic carbocycles. The molecule has 1 aliphatic heterocycles. The van der Waals surface area contributed by atoms with Gasteiger partial charge in [0, 0.05) is 55.1 Å². The highest BCUT2D eigenvalue weighted by atomic mass is 35.5. The molecule has 0 atom stereocenters. The van der Waals surface area contributed by atoms with E-state index < -0.39 is 5.82 Å². The second-order valence-electron chi connectivity index (χ2n) is 7.98. The van der Waals surface area contributed by atoms with Gasteiger partial charge in [0.05, 0.1) is 29.5 Å². The standard InChI is InChI=1S/C25H23ClFN5O2/c1-34-23-11-15(10-19(26)25(23)33)17-12-18-21(4-5-29-22(18)13-20(17)27)31-16-2-3-24(30-14-16)32-8-6-28-7-9-32/h2-5,10-14,28,33H,6-9H2,1H3,(H,29,31). The molecule has 0 saturated carbocycles. The summed E-state index contributed by atoms with van der Waals surface area (Å²) in [6.45, 7) is 3.74. The van der Waals surface area contributed by atoms with E-state index in [0.29, 0.717) is 16.6 Å². The van der Waals surface area contributed by atoms with Crippen LogP contribution >= 0.6 is 11.6 Å². The lowest BCUT2D eigenvalue weighted by molar-refractivity contribution is 0.374. The van der Waals surface area contributed by atoms with Gasteiger partial charge in [-0.15, -0.1) is 0 Å². The lowest BCUT2D eigenvalue weighted by Gasteiger charge is -2.28. The molecule has 34 heavy (non-hydrogen) atoms. The Hall–Kier alpha value is -3.62. The van der Waals surface area contributed by atoms with Gasteiger partial charge in [-0.1, -0.05) is 11.6 Å². The molecule has 0 amide bonds. The molecule has 3 N–H and O–H groups in total. The van der Waals surface area contributed by atoms with Crippen LogP contribution in [0.25, 0.3) is 22.0 Å². The molecule has 1 saturated heterocycles. The molecule has 0 radical (unpaired) electrons. The van der Waals surface area contributed by atoms with Crippen LogP contribution in [-0.4, -0.2) is 48.4 Å². The number of hydrogen-bond donors (Lipinski definition) is 3. The number of nitrogens with one attached hydrogen (secondary N) is 2. The average molecular weight is 480 g/mol. The second kappa shape index (κ2) is 9.32. The Labute approximate surface area is 201 Å². The number of ether oxygens (including phenoxy) is 1. The van der Waals surface area contributed by atoms with E-state index in [1.165, 1.54) is 19.2 Å². The molecule has 9 heteroatoms. The molecule has 5 rings (SSSR count). The number of methoxy groups -OCH3 is 1. The minimum Gasteiger partial charge on any atom is -0.503 e. The van der Waals surface area contributed by atoms with Crippen molar-refractivity contribution in [3.05, 3.63) is 65.7 Å². The zero-order chi connectivity index (χ0) is 23.7. The topological polar surface area (TPSA) is 82.5 Å². The number of aromatic hydroxyl groups is 1. The van der Waals surface area contributed by atoms with Crippen LogP contribution in [0.5, 0.6) is 11.5 Å². The summed E-state index contributed by atoms with van der Waals surface area (Å²) in [6, 6.07) is 12.0. The van der Waals surface area contributed by atoms with Crippen molar-refractivity contribution in [2.75, 3.05) is 43.5 Å². The van der Waals surface area contributed by atoms with Gasteiger partial charge in [-0.05, 0) is 42.0 Å². The number of rotatable bonds is 5. The highest BCUT2D eigenvalue weighted by Crippen LogP contribution is 2.40. The van der Waals surface area contributed by atoms with Crippen molar-refractivity contribution in [1.82, 2.24) is 15.3 Å². The van der Waals surface area contributed by atoms with E-state index >= 15 is 4.39 Å². The van der Waals surface area contributed by atoms with Crippen LogP contribution in [0.2, 0.25) is 5.02 Å². The molecule has 3 heterocycles. The number of anilines is 3. The third kappa shape index (κ3) is 4.30. The van der Waals surface area contributed by atoms with Gasteiger partial charge in [-0.2, -0.15) is 0 Å². The summed E-state index contributed by atoms with van der Waals surface area (Å²) in [7, 11) is 1.42. The van der Waals surface area contributed by atoms with Gasteiger partial charge in [0.15, 0.2) is 11.5 Å². The fourth-order valence-corrected chi connectivity index (χ4v) is 4.29. The molecule has 174 valence electrons. The van der Waals surface area contributed by atoms with E-state index in [9.17, 15) is 5.11 Å². The number of pyridine rings is 2. The predicted molar refractivity (Wildman–Crippen MR) is 133 cm³/mol. The summed E-state index contributed by atoms with van der Waals surface area (Å²) in [5, 5.41) is 17.6. The molecule has 7 nitrogen and oxygen atoms in total. The zero-order valence-electron chi connectivity index (χ0n) is 18.5. The first-order valence-corrected chi connectivity index (χ1v) is 11.2. The number of fused-ring (bicyclic) bond motifs is 1. The summed E-state index contributed by atoms with van der Waals surface area (Å²) < 4.78 is 20.2. The van der Waals surface area contributed by atoms with Crippen molar-refractivity contribution in [3.8, 4) is 22.6 Å². The quantitative estimate of drug-likeness (QED) is 0.373. The van der Waals surface area contributed by atoms with E-state index in [1.807, 2.05) is 18.2 Å². The summed E-state index contributed by atoms with van der Waals surface area (Å²) in [6.07, 6.45) is 3.42. The number of benzene rings is 2. The smallest absolute Gasteiger partial charge is 0.176 e. The van der Waals surface area contributed by atoms with Gasteiger partial charge < -0.3 is 25.4 Å². The fraction of sp³-hybridized carbons (Fsp3) is 0.200. The van der Waals surface area contributed by atoms with Crippen molar-refractivity contribution in [1.29, 1.82) is 0 Å². The monoisotopic (exact) mass is 479 g/mol. The number of piperazine rings is 1. The van der Waals surface area contributed by atoms with E-state index in [4.69, 9.17) is 16.3 Å². The molecule has 0 bridgehead atoms. The minimum absolute atomic E-state index is 0.0778. The highest BCUT2D eigenvalue weighted by Gasteiger charge is 2.16. The van der Waals surface area contributed by atoms with Crippen LogP contribution in [0.4, 0.5) is 21.6 Å². The Morgan fingerprint density at radius 1 is 1.12 bits per heavy atom. The van der Waals surface area contributed by atoms with Gasteiger partial charge >= 0.3 is 0 Å². The van der Waals surface area contributed by atoms with E-state index in [1.54, 1.807) is 24.5 Å². The van der Waals surface area contributed by atoms with Crippen molar-refractivity contribution < 1.29 is 14.2 Å². The lowest BCUT2D eigenvalue weighted by Crippen LogP contribution is -2.43. The Bertz CT molecular complexity index is 1340. The zero-order valence-corrected chi connectivity index (χ0v) is 19.2. The third-order valence-corrected chi connectivity index (χ3v) is 6.15. The summed E-state index contributed by atoms with van der Waals surface area (Å²) in [5.41, 5.74) is 2.88. The summed E-state index contributed by atoms with van der Waals surface area (Å²) >= 11 is 6.13. The number of aromatic nitrogens is 2. The molecular formula is C25H23ClFN5O2. The molecule has 1 fully saturated rings. The number of nitrogens with zero attached hydrogens (tertiary/aromatic N) is 3. The number of phenolic OH excluding ortho intramolecular Hbond substituents is 1. The van der Waals surface area contributed by atoms with E-state index in [2.05, 4.69) is 25.5 Å². The Balaban J connectivity index is 1.50. The molecule has 0 unspecified atom stereocenters. The number of halogens is 2. The van der Waals surface area contributed by atoms with Crippen LogP contribution in [0.1, 0.15) is 0 Å². The normalized spacial score (nSPS) is 13.8. The summed E-state index contributed by atoms with van der Waals surface area (Å²) in [4.78, 5) is 11.2. The van der Waals surface area contributed by atoms with Gasteiger partial charge in [-0.3, -0.25) is 4.98 Å². The third-order valence-electron chi connectivity index (χ3n) is 5.86.